The largest absolute Gasteiger partial charge is 0.496 e. The Morgan fingerprint density at radius 3 is 2.48 bits per heavy atom. The first-order valence-electron chi connectivity index (χ1n) is 8.35. The van der Waals surface area contributed by atoms with Crippen molar-refractivity contribution in [3.05, 3.63) is 52.2 Å². The average molecular weight is 390 g/mol. The fourth-order valence-electron chi connectivity index (χ4n) is 2.38. The average Bonchev–Trinajstić information content (AvgIpc) is 3.20. The summed E-state index contributed by atoms with van der Waals surface area (Å²) in [4.78, 5) is 36.4. The fraction of sp³-hybridized carbons (Fsp3) is 0.316. The molecule has 2 amide bonds. The van der Waals surface area contributed by atoms with Crippen LogP contribution in [0.4, 0.5) is 0 Å². The molecule has 0 spiro atoms. The summed E-state index contributed by atoms with van der Waals surface area (Å²) in [6, 6.07) is 9.56. The third-order valence-corrected chi connectivity index (χ3v) is 4.64. The molecule has 2 N–H and O–H groups in total. The molecule has 0 aliphatic rings. The topological polar surface area (TPSA) is 93.7 Å². The third kappa shape index (κ3) is 5.82. The van der Waals surface area contributed by atoms with Gasteiger partial charge in [-0.1, -0.05) is 24.3 Å². The van der Waals surface area contributed by atoms with Crippen LogP contribution in [0, 0.1) is 0 Å². The van der Waals surface area contributed by atoms with Gasteiger partial charge in [0.05, 0.1) is 18.0 Å². The number of esters is 1. The van der Waals surface area contributed by atoms with Crippen molar-refractivity contribution in [1.29, 1.82) is 0 Å². The van der Waals surface area contributed by atoms with Crippen LogP contribution in [0.5, 0.6) is 5.75 Å². The van der Waals surface area contributed by atoms with E-state index in [1.54, 1.807) is 37.6 Å². The van der Waals surface area contributed by atoms with Crippen LogP contribution in [0.1, 0.15) is 35.1 Å². The second kappa shape index (κ2) is 9.72. The summed E-state index contributed by atoms with van der Waals surface area (Å²) >= 11 is 1.27. The van der Waals surface area contributed by atoms with Crippen molar-refractivity contribution >= 4 is 29.1 Å². The number of hydrogen-bond acceptors (Lipinski definition) is 6. The summed E-state index contributed by atoms with van der Waals surface area (Å²) in [6.45, 7) is 2.88. The number of carbonyl (C=O) groups is 3. The standard InChI is InChI=1S/C19H22N2O5S/c1-12(14-7-4-5-8-15(14)25-3)20-17(22)11-26-19(24)13(2)21-18(23)16-9-6-10-27-16/h4-10,12-13H,11H2,1-3H3,(H,20,22)(H,21,23). The second-order valence-electron chi connectivity index (χ2n) is 5.81. The second-order valence-corrected chi connectivity index (χ2v) is 6.76. The molecule has 0 fully saturated rings. The predicted molar refractivity (Wildman–Crippen MR) is 102 cm³/mol. The Morgan fingerprint density at radius 2 is 1.81 bits per heavy atom. The van der Waals surface area contributed by atoms with Crippen LogP contribution in [0.2, 0.25) is 0 Å². The Labute approximate surface area is 161 Å². The van der Waals surface area contributed by atoms with Gasteiger partial charge in [-0.15, -0.1) is 11.3 Å². The van der Waals surface area contributed by atoms with Gasteiger partial charge in [-0.2, -0.15) is 0 Å². The maximum Gasteiger partial charge on any atom is 0.328 e. The van der Waals surface area contributed by atoms with E-state index in [2.05, 4.69) is 10.6 Å². The number of ether oxygens (including phenoxy) is 2. The molecule has 2 atom stereocenters. The molecule has 0 aliphatic carbocycles. The van der Waals surface area contributed by atoms with Crippen molar-refractivity contribution in [2.45, 2.75) is 25.9 Å². The SMILES string of the molecule is COc1ccccc1C(C)NC(=O)COC(=O)C(C)NC(=O)c1cccs1. The molecule has 2 unspecified atom stereocenters. The van der Waals surface area contributed by atoms with Crippen molar-refractivity contribution in [3.8, 4) is 5.75 Å². The molecule has 0 saturated carbocycles. The van der Waals surface area contributed by atoms with Crippen LogP contribution in [-0.4, -0.2) is 37.5 Å². The molecule has 144 valence electrons. The molecule has 1 heterocycles. The van der Waals surface area contributed by atoms with Gasteiger partial charge in [0.15, 0.2) is 6.61 Å². The van der Waals surface area contributed by atoms with E-state index < -0.39 is 24.5 Å². The zero-order valence-electron chi connectivity index (χ0n) is 15.4. The minimum Gasteiger partial charge on any atom is -0.496 e. The molecule has 0 radical (unpaired) electrons. The lowest BCUT2D eigenvalue weighted by molar-refractivity contribution is -0.150. The van der Waals surface area contributed by atoms with Gasteiger partial charge in [-0.05, 0) is 31.4 Å². The molecule has 0 saturated heterocycles. The smallest absolute Gasteiger partial charge is 0.328 e. The minimum atomic E-state index is -0.862. The van der Waals surface area contributed by atoms with Crippen molar-refractivity contribution < 1.29 is 23.9 Å². The lowest BCUT2D eigenvalue weighted by Crippen LogP contribution is -2.41. The minimum absolute atomic E-state index is 0.316. The summed E-state index contributed by atoms with van der Waals surface area (Å²) in [6.07, 6.45) is 0. The Balaban J connectivity index is 1.80. The number of rotatable bonds is 8. The number of benzene rings is 1. The molecule has 1 aromatic carbocycles. The first-order chi connectivity index (χ1) is 12.9. The predicted octanol–water partition coefficient (Wildman–Crippen LogP) is 2.30. The van der Waals surface area contributed by atoms with Gasteiger partial charge >= 0.3 is 5.97 Å². The number of carbonyl (C=O) groups excluding carboxylic acids is 3. The maximum atomic E-state index is 12.0. The highest BCUT2D eigenvalue weighted by Gasteiger charge is 2.20. The lowest BCUT2D eigenvalue weighted by atomic mass is 10.1. The van der Waals surface area contributed by atoms with E-state index in [0.29, 0.717) is 10.6 Å². The summed E-state index contributed by atoms with van der Waals surface area (Å²) in [5.41, 5.74) is 0.816. The Hall–Kier alpha value is -2.87. The van der Waals surface area contributed by atoms with Crippen molar-refractivity contribution in [2.24, 2.45) is 0 Å². The number of nitrogens with one attached hydrogen (secondary N) is 2. The molecule has 0 aliphatic heterocycles. The van der Waals surface area contributed by atoms with E-state index >= 15 is 0 Å². The molecule has 2 aromatic rings. The summed E-state index contributed by atoms with van der Waals surface area (Å²) in [5.74, 6) is -0.825. The third-order valence-electron chi connectivity index (χ3n) is 3.77. The van der Waals surface area contributed by atoms with Gasteiger partial charge in [0.2, 0.25) is 0 Å². The molecule has 27 heavy (non-hydrogen) atoms. The monoisotopic (exact) mass is 390 g/mol. The van der Waals surface area contributed by atoms with E-state index in [0.717, 1.165) is 5.56 Å². The van der Waals surface area contributed by atoms with Gasteiger partial charge in [0.1, 0.15) is 11.8 Å². The van der Waals surface area contributed by atoms with Gasteiger partial charge < -0.3 is 20.1 Å². The molecule has 1 aromatic heterocycles. The Bertz CT molecular complexity index is 791. The van der Waals surface area contributed by atoms with Gasteiger partial charge in [-0.25, -0.2) is 4.79 Å². The highest BCUT2D eigenvalue weighted by molar-refractivity contribution is 7.12. The van der Waals surface area contributed by atoms with Crippen LogP contribution in [0.25, 0.3) is 0 Å². The first kappa shape index (κ1) is 20.4. The molecule has 0 bridgehead atoms. The highest BCUT2D eigenvalue weighted by Crippen LogP contribution is 2.24. The highest BCUT2D eigenvalue weighted by atomic mass is 32.1. The normalized spacial score (nSPS) is 12.6. The van der Waals surface area contributed by atoms with Crippen LogP contribution in [0.3, 0.4) is 0 Å². The van der Waals surface area contributed by atoms with E-state index in [1.165, 1.54) is 18.3 Å². The summed E-state index contributed by atoms with van der Waals surface area (Å²) in [7, 11) is 1.56. The van der Waals surface area contributed by atoms with Crippen LogP contribution < -0.4 is 15.4 Å². The van der Waals surface area contributed by atoms with Crippen molar-refractivity contribution in [2.75, 3.05) is 13.7 Å². The van der Waals surface area contributed by atoms with E-state index in [1.807, 2.05) is 18.2 Å². The van der Waals surface area contributed by atoms with Crippen molar-refractivity contribution in [3.63, 3.8) is 0 Å². The molecule has 8 heteroatoms. The molecular formula is C19H22N2O5S. The summed E-state index contributed by atoms with van der Waals surface area (Å²) < 4.78 is 10.3. The number of methoxy groups -OCH3 is 1. The molecule has 7 nitrogen and oxygen atoms in total. The van der Waals surface area contributed by atoms with E-state index in [4.69, 9.17) is 9.47 Å². The zero-order chi connectivity index (χ0) is 19.8. The Kier molecular flexibility index (Phi) is 7.36. The summed E-state index contributed by atoms with van der Waals surface area (Å²) in [5, 5.41) is 7.05. The Morgan fingerprint density at radius 1 is 1.07 bits per heavy atom. The van der Waals surface area contributed by atoms with E-state index in [-0.39, 0.29) is 11.9 Å². The van der Waals surface area contributed by atoms with Crippen molar-refractivity contribution in [1.82, 2.24) is 10.6 Å². The fourth-order valence-corrected chi connectivity index (χ4v) is 3.01. The maximum absolute atomic E-state index is 12.0. The first-order valence-corrected chi connectivity index (χ1v) is 9.23. The van der Waals surface area contributed by atoms with Gasteiger partial charge in [0.25, 0.3) is 11.8 Å². The van der Waals surface area contributed by atoms with Crippen LogP contribution in [-0.2, 0) is 14.3 Å². The van der Waals surface area contributed by atoms with Crippen LogP contribution >= 0.6 is 11.3 Å². The molecular weight excluding hydrogens is 368 g/mol. The van der Waals surface area contributed by atoms with Gasteiger partial charge in [0, 0.05) is 5.56 Å². The van der Waals surface area contributed by atoms with Gasteiger partial charge in [-0.3, -0.25) is 9.59 Å². The number of hydrogen-bond donors (Lipinski definition) is 2. The quantitative estimate of drug-likeness (QED) is 0.675. The number of thiophene rings is 1. The van der Waals surface area contributed by atoms with E-state index in [9.17, 15) is 14.4 Å². The number of amides is 2. The number of para-hydroxylation sites is 1. The lowest BCUT2D eigenvalue weighted by Gasteiger charge is -2.18. The van der Waals surface area contributed by atoms with Crippen LogP contribution in [0.15, 0.2) is 41.8 Å². The molecule has 2 rings (SSSR count). The zero-order valence-corrected chi connectivity index (χ0v) is 16.2.